The second-order valence-electron chi connectivity index (χ2n) is 8.92. The molecule has 160 valence electrons. The summed E-state index contributed by atoms with van der Waals surface area (Å²) in [5, 5.41) is 3.48. The van der Waals surface area contributed by atoms with E-state index in [1.165, 1.54) is 0 Å². The first-order valence-corrected chi connectivity index (χ1v) is 9.87. The third kappa shape index (κ3) is 8.82. The molecule has 1 saturated heterocycles. The molecule has 3 amide bonds. The molecule has 28 heavy (non-hydrogen) atoms. The fourth-order valence-electron chi connectivity index (χ4n) is 2.65. The van der Waals surface area contributed by atoms with Crippen molar-refractivity contribution in [2.75, 3.05) is 19.8 Å². The van der Waals surface area contributed by atoms with Gasteiger partial charge >= 0.3 is 5.97 Å². The maximum absolute atomic E-state index is 12.1. The highest BCUT2D eigenvalue weighted by molar-refractivity contribution is 6.01. The van der Waals surface area contributed by atoms with E-state index >= 15 is 0 Å². The topological polar surface area (TPSA) is 102 Å². The highest BCUT2D eigenvalue weighted by atomic mass is 16.7. The second kappa shape index (κ2) is 10.5. The van der Waals surface area contributed by atoms with Crippen LogP contribution in [-0.4, -0.2) is 48.5 Å². The Hall–Kier alpha value is -1.96. The van der Waals surface area contributed by atoms with Gasteiger partial charge in [0.25, 0.3) is 11.8 Å². The molecular formula is C20H34N2O6. The summed E-state index contributed by atoms with van der Waals surface area (Å²) in [7, 11) is 0. The second-order valence-corrected chi connectivity index (χ2v) is 8.92. The van der Waals surface area contributed by atoms with Crippen LogP contribution in [0.4, 0.5) is 0 Å². The summed E-state index contributed by atoms with van der Waals surface area (Å²) in [6.07, 6.45) is 2.55. The van der Waals surface area contributed by atoms with Crippen LogP contribution >= 0.6 is 0 Å². The molecule has 0 aromatic rings. The Balaban J connectivity index is 2.35. The maximum atomic E-state index is 12.1. The average molecular weight is 399 g/mol. The molecule has 0 aromatic heterocycles. The molecule has 1 heterocycles. The minimum Gasteiger partial charge on any atom is -0.380 e. The number of hydrogen-bond donors (Lipinski definition) is 1. The molecule has 1 fully saturated rings. The van der Waals surface area contributed by atoms with Crippen molar-refractivity contribution in [3.05, 3.63) is 0 Å². The van der Waals surface area contributed by atoms with Gasteiger partial charge in [-0.1, -0.05) is 41.0 Å². The number of hydrogen-bond acceptors (Lipinski definition) is 6. The first kappa shape index (κ1) is 24.1. The van der Waals surface area contributed by atoms with Crippen molar-refractivity contribution in [2.24, 2.45) is 10.8 Å². The first-order chi connectivity index (χ1) is 13.0. The number of hydroxylamine groups is 2. The Labute approximate surface area is 167 Å². The predicted molar refractivity (Wildman–Crippen MR) is 103 cm³/mol. The number of ether oxygens (including phenoxy) is 1. The molecule has 1 aliphatic heterocycles. The van der Waals surface area contributed by atoms with Crippen LogP contribution in [0.5, 0.6) is 0 Å². The van der Waals surface area contributed by atoms with Crippen molar-refractivity contribution in [3.63, 3.8) is 0 Å². The van der Waals surface area contributed by atoms with Crippen LogP contribution in [0, 0.1) is 10.8 Å². The summed E-state index contributed by atoms with van der Waals surface area (Å²) < 4.78 is 5.78. The van der Waals surface area contributed by atoms with Crippen LogP contribution in [0.25, 0.3) is 0 Å². The number of rotatable bonds is 12. The SMILES string of the molecule is CCCCC(=O)NCC(C)(C)COCC(C)(C)CC(=O)ON1C(=O)CCC1=O. The molecule has 1 aliphatic rings. The van der Waals surface area contributed by atoms with E-state index in [2.05, 4.69) is 5.32 Å². The van der Waals surface area contributed by atoms with Gasteiger partial charge in [0.05, 0.1) is 19.6 Å². The zero-order valence-corrected chi connectivity index (χ0v) is 17.8. The lowest BCUT2D eigenvalue weighted by molar-refractivity contribution is -0.199. The standard InChI is InChI=1S/C20H34N2O6/c1-6-7-8-15(23)21-12-20(4,5)14-27-13-19(2,3)11-18(26)28-22-16(24)9-10-17(22)25/h6-14H2,1-5H3,(H,21,23). The van der Waals surface area contributed by atoms with E-state index in [0.717, 1.165) is 12.8 Å². The Bertz CT molecular complexity index is 569. The lowest BCUT2D eigenvalue weighted by Gasteiger charge is -2.29. The van der Waals surface area contributed by atoms with Gasteiger partial charge in [0.15, 0.2) is 0 Å². The number of nitrogens with zero attached hydrogens (tertiary/aromatic N) is 1. The zero-order chi connectivity index (χ0) is 21.4. The quantitative estimate of drug-likeness (QED) is 0.506. The number of nitrogens with one attached hydrogen (secondary N) is 1. The van der Waals surface area contributed by atoms with Crippen molar-refractivity contribution < 1.29 is 28.8 Å². The van der Waals surface area contributed by atoms with Gasteiger partial charge in [-0.2, -0.15) is 0 Å². The molecule has 0 aromatic carbocycles. The van der Waals surface area contributed by atoms with Crippen molar-refractivity contribution in [1.29, 1.82) is 0 Å². The van der Waals surface area contributed by atoms with Gasteiger partial charge in [-0.25, -0.2) is 4.79 Å². The van der Waals surface area contributed by atoms with E-state index in [-0.39, 0.29) is 30.6 Å². The first-order valence-electron chi connectivity index (χ1n) is 9.87. The van der Waals surface area contributed by atoms with Crippen molar-refractivity contribution in [3.8, 4) is 0 Å². The molecule has 8 nitrogen and oxygen atoms in total. The van der Waals surface area contributed by atoms with Gasteiger partial charge in [0, 0.05) is 31.2 Å². The van der Waals surface area contributed by atoms with Gasteiger partial charge in [0.2, 0.25) is 5.91 Å². The average Bonchev–Trinajstić information content (AvgIpc) is 2.89. The monoisotopic (exact) mass is 398 g/mol. The number of imide groups is 1. The molecule has 0 saturated carbocycles. The zero-order valence-electron chi connectivity index (χ0n) is 17.8. The van der Waals surface area contributed by atoms with Crippen LogP contribution in [-0.2, 0) is 28.8 Å². The van der Waals surface area contributed by atoms with Crippen LogP contribution in [0.15, 0.2) is 0 Å². The van der Waals surface area contributed by atoms with Gasteiger partial charge in [-0.05, 0) is 11.8 Å². The maximum Gasteiger partial charge on any atom is 0.333 e. The Morgan fingerprint density at radius 1 is 1.04 bits per heavy atom. The Morgan fingerprint density at radius 2 is 1.61 bits per heavy atom. The van der Waals surface area contributed by atoms with E-state index in [0.29, 0.717) is 31.2 Å². The smallest absolute Gasteiger partial charge is 0.333 e. The Morgan fingerprint density at radius 3 is 2.18 bits per heavy atom. The molecule has 0 aliphatic carbocycles. The molecule has 0 radical (unpaired) electrons. The third-order valence-electron chi connectivity index (χ3n) is 4.33. The van der Waals surface area contributed by atoms with Gasteiger partial charge < -0.3 is 14.9 Å². The molecule has 0 spiro atoms. The summed E-state index contributed by atoms with van der Waals surface area (Å²) in [4.78, 5) is 51.7. The van der Waals surface area contributed by atoms with E-state index in [9.17, 15) is 19.2 Å². The molecule has 0 atom stereocenters. The summed E-state index contributed by atoms with van der Waals surface area (Å²) in [5.74, 6) is -1.58. The normalized spacial score (nSPS) is 15.1. The fourth-order valence-corrected chi connectivity index (χ4v) is 2.65. The van der Waals surface area contributed by atoms with Crippen LogP contribution < -0.4 is 5.32 Å². The largest absolute Gasteiger partial charge is 0.380 e. The van der Waals surface area contributed by atoms with E-state index < -0.39 is 23.2 Å². The summed E-state index contributed by atoms with van der Waals surface area (Å²) in [6, 6.07) is 0. The van der Waals surface area contributed by atoms with Crippen LogP contribution in [0.1, 0.15) is 73.1 Å². The number of carbonyl (C=O) groups is 4. The highest BCUT2D eigenvalue weighted by Gasteiger charge is 2.34. The van der Waals surface area contributed by atoms with E-state index in [1.807, 2.05) is 34.6 Å². The van der Waals surface area contributed by atoms with Gasteiger partial charge in [-0.15, -0.1) is 5.06 Å². The summed E-state index contributed by atoms with van der Waals surface area (Å²) >= 11 is 0. The van der Waals surface area contributed by atoms with Gasteiger partial charge in [-0.3, -0.25) is 14.4 Å². The summed E-state index contributed by atoms with van der Waals surface area (Å²) in [6.45, 7) is 11.0. The molecule has 8 heteroatoms. The number of unbranched alkanes of at least 4 members (excludes halogenated alkanes) is 1. The summed E-state index contributed by atoms with van der Waals surface area (Å²) in [5.41, 5.74) is -0.768. The van der Waals surface area contributed by atoms with E-state index in [1.54, 1.807) is 0 Å². The lowest BCUT2D eigenvalue weighted by atomic mass is 9.90. The lowest BCUT2D eigenvalue weighted by Crippen LogP contribution is -2.38. The molecule has 0 unspecified atom stereocenters. The predicted octanol–water partition coefficient (Wildman–Crippen LogP) is 2.36. The van der Waals surface area contributed by atoms with Gasteiger partial charge in [0.1, 0.15) is 0 Å². The van der Waals surface area contributed by atoms with Crippen molar-refractivity contribution in [1.82, 2.24) is 10.4 Å². The van der Waals surface area contributed by atoms with Crippen molar-refractivity contribution in [2.45, 2.75) is 73.1 Å². The minimum atomic E-state index is -0.639. The van der Waals surface area contributed by atoms with Crippen LogP contribution in [0.2, 0.25) is 0 Å². The molecule has 1 N–H and O–H groups in total. The number of amides is 3. The third-order valence-corrected chi connectivity index (χ3v) is 4.33. The van der Waals surface area contributed by atoms with E-state index in [4.69, 9.17) is 9.57 Å². The Kier molecular flexibility index (Phi) is 9.07. The fraction of sp³-hybridized carbons (Fsp3) is 0.800. The molecular weight excluding hydrogens is 364 g/mol. The molecule has 0 bridgehead atoms. The minimum absolute atomic E-state index is 0.0121. The van der Waals surface area contributed by atoms with Crippen molar-refractivity contribution >= 4 is 23.7 Å². The highest BCUT2D eigenvalue weighted by Crippen LogP contribution is 2.24. The number of carbonyl (C=O) groups excluding carboxylic acids is 4. The molecule has 1 rings (SSSR count). The van der Waals surface area contributed by atoms with Crippen LogP contribution in [0.3, 0.4) is 0 Å².